The molecule has 1 aliphatic heterocycles. The quantitative estimate of drug-likeness (QED) is 0.901. The third kappa shape index (κ3) is 3.33. The summed E-state index contributed by atoms with van der Waals surface area (Å²) < 4.78 is 38.3. The van der Waals surface area contributed by atoms with Crippen LogP contribution in [0, 0.1) is 0 Å². The Labute approximate surface area is 117 Å². The Morgan fingerprint density at radius 2 is 2.00 bits per heavy atom. The van der Waals surface area contributed by atoms with Crippen LogP contribution < -0.4 is 0 Å². The molecule has 0 saturated carbocycles. The van der Waals surface area contributed by atoms with Gasteiger partial charge in [-0.1, -0.05) is 19.1 Å². The summed E-state index contributed by atoms with van der Waals surface area (Å²) >= 11 is 0. The molecule has 0 aliphatic carbocycles. The van der Waals surface area contributed by atoms with Gasteiger partial charge in [-0.2, -0.15) is 13.2 Å². The molecule has 0 radical (unpaired) electrons. The van der Waals surface area contributed by atoms with Crippen LogP contribution in [0.25, 0.3) is 0 Å². The molecule has 1 aromatic carbocycles. The van der Waals surface area contributed by atoms with Gasteiger partial charge in [-0.25, -0.2) is 0 Å². The lowest BCUT2D eigenvalue weighted by Gasteiger charge is -2.28. The van der Waals surface area contributed by atoms with E-state index in [0.717, 1.165) is 31.6 Å². The summed E-state index contributed by atoms with van der Waals surface area (Å²) in [4.78, 5) is 2.21. The molecule has 2 nitrogen and oxygen atoms in total. The van der Waals surface area contributed by atoms with Crippen molar-refractivity contribution in [3.8, 4) is 0 Å². The molecule has 1 fully saturated rings. The lowest BCUT2D eigenvalue weighted by Crippen LogP contribution is -2.29. The van der Waals surface area contributed by atoms with Crippen molar-refractivity contribution < 1.29 is 18.3 Å². The predicted molar refractivity (Wildman–Crippen MR) is 71.3 cm³/mol. The molecule has 1 saturated heterocycles. The summed E-state index contributed by atoms with van der Waals surface area (Å²) in [5, 5.41) is 10.7. The van der Waals surface area contributed by atoms with E-state index in [1.54, 1.807) is 6.07 Å². The van der Waals surface area contributed by atoms with Crippen LogP contribution in [-0.2, 0) is 11.8 Å². The lowest BCUT2D eigenvalue weighted by atomic mass is 9.86. The third-order valence-corrected chi connectivity index (χ3v) is 4.08. The fourth-order valence-corrected chi connectivity index (χ4v) is 2.76. The van der Waals surface area contributed by atoms with E-state index in [2.05, 4.69) is 11.8 Å². The van der Waals surface area contributed by atoms with Crippen LogP contribution in [-0.4, -0.2) is 29.6 Å². The molecule has 112 valence electrons. The highest BCUT2D eigenvalue weighted by Crippen LogP contribution is 2.36. The topological polar surface area (TPSA) is 23.5 Å². The Morgan fingerprint density at radius 1 is 1.25 bits per heavy atom. The molecule has 0 spiro atoms. The highest BCUT2D eigenvalue weighted by Gasteiger charge is 2.35. The van der Waals surface area contributed by atoms with Crippen molar-refractivity contribution >= 4 is 0 Å². The van der Waals surface area contributed by atoms with E-state index in [1.807, 2.05) is 0 Å². The summed E-state index contributed by atoms with van der Waals surface area (Å²) in [6.45, 7) is 4.55. The predicted octanol–water partition coefficient (Wildman–Crippen LogP) is 3.40. The molecule has 1 aliphatic rings. The molecular weight excluding hydrogens is 267 g/mol. The summed E-state index contributed by atoms with van der Waals surface area (Å²) in [5.74, 6) is 0. The van der Waals surface area contributed by atoms with Gasteiger partial charge in [-0.05, 0) is 50.0 Å². The van der Waals surface area contributed by atoms with Gasteiger partial charge >= 0.3 is 6.18 Å². The Balaban J connectivity index is 2.25. The highest BCUT2D eigenvalue weighted by atomic mass is 19.4. The lowest BCUT2D eigenvalue weighted by molar-refractivity contribution is -0.137. The van der Waals surface area contributed by atoms with E-state index < -0.39 is 17.3 Å². The largest absolute Gasteiger partial charge is 0.416 e. The molecule has 1 N–H and O–H groups in total. The Bertz CT molecular complexity index is 461. The average Bonchev–Trinajstić information content (AvgIpc) is 2.61. The van der Waals surface area contributed by atoms with Crippen molar-refractivity contribution in [2.45, 2.75) is 38.0 Å². The summed E-state index contributed by atoms with van der Waals surface area (Å²) in [7, 11) is 0. The first-order chi connectivity index (χ1) is 9.35. The Morgan fingerprint density at radius 3 is 2.65 bits per heavy atom. The average molecular weight is 287 g/mol. The van der Waals surface area contributed by atoms with Crippen LogP contribution in [0.4, 0.5) is 13.2 Å². The molecule has 1 unspecified atom stereocenters. The monoisotopic (exact) mass is 287 g/mol. The maximum atomic E-state index is 12.8. The molecule has 0 bridgehead atoms. The summed E-state index contributed by atoms with van der Waals surface area (Å²) in [6, 6.07) is 5.10. The van der Waals surface area contributed by atoms with Gasteiger partial charge in [0.1, 0.15) is 0 Å². The zero-order valence-electron chi connectivity index (χ0n) is 11.6. The minimum atomic E-state index is -4.37. The molecule has 2 rings (SSSR count). The number of rotatable bonds is 2. The van der Waals surface area contributed by atoms with Gasteiger partial charge in [0, 0.05) is 6.54 Å². The van der Waals surface area contributed by atoms with Crippen molar-refractivity contribution in [2.24, 2.45) is 0 Å². The van der Waals surface area contributed by atoms with Crippen LogP contribution in [0.3, 0.4) is 0 Å². The number of alkyl halides is 3. The van der Waals surface area contributed by atoms with Crippen molar-refractivity contribution in [1.82, 2.24) is 4.90 Å². The molecule has 1 aromatic rings. The first kappa shape index (κ1) is 15.3. The highest BCUT2D eigenvalue weighted by molar-refractivity contribution is 5.30. The minimum absolute atomic E-state index is 0.380. The van der Waals surface area contributed by atoms with E-state index in [0.29, 0.717) is 24.9 Å². The standard InChI is InChI=1S/C15H20F3NO/c1-2-19-9-4-7-14(20,8-10-19)12-5-3-6-13(11-12)15(16,17)18/h3,5-6,11,20H,2,4,7-10H2,1H3. The van der Waals surface area contributed by atoms with Crippen molar-refractivity contribution in [3.63, 3.8) is 0 Å². The normalized spacial score (nSPS) is 25.4. The summed E-state index contributed by atoms with van der Waals surface area (Å²) in [5.41, 5.74) is -1.46. The molecule has 0 aromatic heterocycles. The molecule has 1 atom stereocenters. The fourth-order valence-electron chi connectivity index (χ4n) is 2.76. The number of benzene rings is 1. The van der Waals surface area contributed by atoms with Crippen molar-refractivity contribution in [2.75, 3.05) is 19.6 Å². The van der Waals surface area contributed by atoms with Crippen LogP contribution in [0.5, 0.6) is 0 Å². The minimum Gasteiger partial charge on any atom is -0.385 e. The van der Waals surface area contributed by atoms with E-state index in [9.17, 15) is 18.3 Å². The maximum absolute atomic E-state index is 12.8. The maximum Gasteiger partial charge on any atom is 0.416 e. The number of hydrogen-bond acceptors (Lipinski definition) is 2. The number of hydrogen-bond donors (Lipinski definition) is 1. The van der Waals surface area contributed by atoms with Crippen LogP contribution in [0.2, 0.25) is 0 Å². The number of likely N-dealkylation sites (tertiary alicyclic amines) is 1. The summed E-state index contributed by atoms with van der Waals surface area (Å²) in [6.07, 6.45) is -2.60. The van der Waals surface area contributed by atoms with Crippen LogP contribution in [0.15, 0.2) is 24.3 Å². The van der Waals surface area contributed by atoms with Gasteiger partial charge in [-0.3, -0.25) is 0 Å². The first-order valence-corrected chi connectivity index (χ1v) is 6.97. The first-order valence-electron chi connectivity index (χ1n) is 6.97. The molecule has 1 heterocycles. The second kappa shape index (κ2) is 5.74. The van der Waals surface area contributed by atoms with E-state index >= 15 is 0 Å². The molecular formula is C15H20F3NO. The number of aliphatic hydroxyl groups is 1. The van der Waals surface area contributed by atoms with E-state index in [4.69, 9.17) is 0 Å². The van der Waals surface area contributed by atoms with E-state index in [-0.39, 0.29) is 0 Å². The van der Waals surface area contributed by atoms with Gasteiger partial charge in [0.25, 0.3) is 0 Å². The fraction of sp³-hybridized carbons (Fsp3) is 0.600. The molecule has 20 heavy (non-hydrogen) atoms. The number of nitrogens with zero attached hydrogens (tertiary/aromatic N) is 1. The van der Waals surface area contributed by atoms with E-state index in [1.165, 1.54) is 6.07 Å². The van der Waals surface area contributed by atoms with Gasteiger partial charge in [0.05, 0.1) is 11.2 Å². The zero-order valence-corrected chi connectivity index (χ0v) is 11.6. The Kier molecular flexibility index (Phi) is 4.39. The van der Waals surface area contributed by atoms with Crippen LogP contribution in [0.1, 0.15) is 37.3 Å². The zero-order chi connectivity index (χ0) is 14.8. The van der Waals surface area contributed by atoms with Crippen molar-refractivity contribution in [3.05, 3.63) is 35.4 Å². The SMILES string of the molecule is CCN1CCCC(O)(c2cccc(C(F)(F)F)c2)CC1. The van der Waals surface area contributed by atoms with Crippen LogP contribution >= 0.6 is 0 Å². The number of halogens is 3. The second-order valence-corrected chi connectivity index (χ2v) is 5.40. The second-order valence-electron chi connectivity index (χ2n) is 5.40. The van der Waals surface area contributed by atoms with Gasteiger partial charge in [0.2, 0.25) is 0 Å². The van der Waals surface area contributed by atoms with Gasteiger partial charge < -0.3 is 10.0 Å². The molecule has 5 heteroatoms. The third-order valence-electron chi connectivity index (χ3n) is 4.08. The molecule has 0 amide bonds. The van der Waals surface area contributed by atoms with Gasteiger partial charge in [0.15, 0.2) is 0 Å². The smallest absolute Gasteiger partial charge is 0.385 e. The Hall–Kier alpha value is -1.07. The van der Waals surface area contributed by atoms with Gasteiger partial charge in [-0.15, -0.1) is 0 Å². The van der Waals surface area contributed by atoms with Crippen molar-refractivity contribution in [1.29, 1.82) is 0 Å².